The van der Waals surface area contributed by atoms with E-state index in [0.29, 0.717) is 42.0 Å². The van der Waals surface area contributed by atoms with E-state index in [1.54, 1.807) is 36.3 Å². The molecule has 1 heterocycles. The van der Waals surface area contributed by atoms with Gasteiger partial charge in [0.1, 0.15) is 11.6 Å². The Morgan fingerprint density at radius 3 is 2.61 bits per heavy atom. The number of rotatable bonds is 4. The first-order chi connectivity index (χ1) is 15.0. The van der Waals surface area contributed by atoms with Gasteiger partial charge in [0.15, 0.2) is 5.78 Å². The van der Waals surface area contributed by atoms with Crippen molar-refractivity contribution in [1.82, 2.24) is 0 Å². The second-order valence-corrected chi connectivity index (χ2v) is 7.37. The molecule has 0 saturated carbocycles. The molecule has 4 rings (SSSR count). The number of nitrogens with zero attached hydrogens (tertiary/aromatic N) is 3. The molecule has 0 fully saturated rings. The van der Waals surface area contributed by atoms with E-state index in [9.17, 15) is 20.2 Å². The van der Waals surface area contributed by atoms with Crippen LogP contribution in [-0.4, -0.2) is 17.8 Å². The maximum absolute atomic E-state index is 13.1. The zero-order valence-electron chi connectivity index (χ0n) is 16.9. The van der Waals surface area contributed by atoms with Crippen molar-refractivity contribution in [1.29, 1.82) is 5.26 Å². The maximum atomic E-state index is 13.1. The Labute approximate surface area is 179 Å². The summed E-state index contributed by atoms with van der Waals surface area (Å²) in [6, 6.07) is 15.4. The third-order valence-corrected chi connectivity index (χ3v) is 5.66. The average molecular weight is 416 g/mol. The number of nitrogens with two attached hydrogens (primary N) is 1. The van der Waals surface area contributed by atoms with Crippen molar-refractivity contribution in [3.8, 4) is 11.8 Å². The Kier molecular flexibility index (Phi) is 5.17. The zero-order chi connectivity index (χ0) is 22.1. The first-order valence-electron chi connectivity index (χ1n) is 9.80. The van der Waals surface area contributed by atoms with Gasteiger partial charge in [0.2, 0.25) is 0 Å². The zero-order valence-corrected chi connectivity index (χ0v) is 16.9. The van der Waals surface area contributed by atoms with Crippen molar-refractivity contribution in [3.05, 3.63) is 86.9 Å². The predicted octanol–water partition coefficient (Wildman–Crippen LogP) is 3.91. The van der Waals surface area contributed by atoms with E-state index in [-0.39, 0.29) is 22.9 Å². The van der Waals surface area contributed by atoms with E-state index in [4.69, 9.17) is 10.5 Å². The summed E-state index contributed by atoms with van der Waals surface area (Å²) >= 11 is 0. The summed E-state index contributed by atoms with van der Waals surface area (Å²) in [4.78, 5) is 25.5. The number of carbonyl (C=O) groups excluding carboxylic acids is 1. The molecule has 1 aliphatic heterocycles. The molecule has 8 heteroatoms. The summed E-state index contributed by atoms with van der Waals surface area (Å²) < 4.78 is 5.22. The average Bonchev–Trinajstić information content (AvgIpc) is 2.78. The van der Waals surface area contributed by atoms with Crippen LogP contribution in [0, 0.1) is 21.4 Å². The number of carbonyl (C=O) groups is 1. The lowest BCUT2D eigenvalue weighted by atomic mass is 9.75. The van der Waals surface area contributed by atoms with Gasteiger partial charge in [-0.1, -0.05) is 18.2 Å². The van der Waals surface area contributed by atoms with Crippen LogP contribution in [0.2, 0.25) is 0 Å². The number of hydrogen-bond acceptors (Lipinski definition) is 7. The van der Waals surface area contributed by atoms with Crippen molar-refractivity contribution in [2.75, 3.05) is 12.0 Å². The minimum absolute atomic E-state index is 0.0438. The second-order valence-electron chi connectivity index (χ2n) is 7.37. The van der Waals surface area contributed by atoms with Gasteiger partial charge in [-0.05, 0) is 36.6 Å². The Bertz CT molecular complexity index is 1170. The molecule has 1 atom stereocenters. The van der Waals surface area contributed by atoms with Gasteiger partial charge in [0.25, 0.3) is 5.69 Å². The van der Waals surface area contributed by atoms with Gasteiger partial charge in [-0.3, -0.25) is 19.8 Å². The van der Waals surface area contributed by atoms with Gasteiger partial charge in [-0.2, -0.15) is 5.26 Å². The minimum Gasteiger partial charge on any atom is -0.497 e. The van der Waals surface area contributed by atoms with Gasteiger partial charge in [-0.15, -0.1) is 0 Å². The molecular formula is C23H20N4O4. The number of nitro benzene ring substituents is 1. The first-order valence-corrected chi connectivity index (χ1v) is 9.80. The van der Waals surface area contributed by atoms with Crippen molar-refractivity contribution >= 4 is 17.2 Å². The molecule has 1 unspecified atom stereocenters. The molecular weight excluding hydrogens is 396 g/mol. The molecule has 0 radical (unpaired) electrons. The fraction of sp³-hybridized carbons (Fsp3) is 0.217. The van der Waals surface area contributed by atoms with Crippen molar-refractivity contribution in [2.24, 2.45) is 5.73 Å². The standard InChI is InChI=1S/C23H20N4O4/c1-31-17-10-8-14(9-11-17)21-18(13-24)23(25)26(19-6-3-7-20(28)22(19)21)15-4-2-5-16(12-15)27(29)30/h2,4-5,8-12,21H,3,6-7,25H2,1H3. The monoisotopic (exact) mass is 416 g/mol. The normalized spacial score (nSPS) is 18.5. The number of nitriles is 1. The molecule has 2 aliphatic rings. The van der Waals surface area contributed by atoms with Gasteiger partial charge >= 0.3 is 0 Å². The number of allylic oxidation sites excluding steroid dienone is 3. The fourth-order valence-corrected chi connectivity index (χ4v) is 4.26. The van der Waals surface area contributed by atoms with Crippen LogP contribution in [0.25, 0.3) is 0 Å². The first kappa shape index (κ1) is 20.2. The molecule has 2 aromatic carbocycles. The second kappa shape index (κ2) is 7.95. The van der Waals surface area contributed by atoms with Crippen LogP contribution in [-0.2, 0) is 4.79 Å². The topological polar surface area (TPSA) is 122 Å². The van der Waals surface area contributed by atoms with Crippen LogP contribution in [0.3, 0.4) is 0 Å². The largest absolute Gasteiger partial charge is 0.497 e. The number of methoxy groups -OCH3 is 1. The maximum Gasteiger partial charge on any atom is 0.271 e. The van der Waals surface area contributed by atoms with Gasteiger partial charge in [0.05, 0.1) is 35.3 Å². The molecule has 31 heavy (non-hydrogen) atoms. The highest BCUT2D eigenvalue weighted by Gasteiger charge is 2.40. The quantitative estimate of drug-likeness (QED) is 0.592. The molecule has 0 saturated heterocycles. The Hall–Kier alpha value is -4.12. The molecule has 0 bridgehead atoms. The summed E-state index contributed by atoms with van der Waals surface area (Å²) in [5.41, 5.74) is 9.05. The van der Waals surface area contributed by atoms with Crippen LogP contribution in [0.4, 0.5) is 11.4 Å². The molecule has 2 aromatic rings. The van der Waals surface area contributed by atoms with E-state index < -0.39 is 10.8 Å². The highest BCUT2D eigenvalue weighted by Crippen LogP contribution is 2.46. The summed E-state index contributed by atoms with van der Waals surface area (Å²) in [6.45, 7) is 0. The Morgan fingerprint density at radius 2 is 1.97 bits per heavy atom. The van der Waals surface area contributed by atoms with Gasteiger partial charge < -0.3 is 10.5 Å². The number of nitro groups is 1. The lowest BCUT2D eigenvalue weighted by Crippen LogP contribution is -2.38. The lowest BCUT2D eigenvalue weighted by Gasteiger charge is -2.39. The minimum atomic E-state index is -0.589. The lowest BCUT2D eigenvalue weighted by molar-refractivity contribution is -0.384. The summed E-state index contributed by atoms with van der Waals surface area (Å²) in [6.07, 6.45) is 1.61. The smallest absolute Gasteiger partial charge is 0.271 e. The highest BCUT2D eigenvalue weighted by molar-refractivity contribution is 6.01. The number of hydrogen-bond donors (Lipinski definition) is 1. The molecule has 0 amide bonds. The van der Waals surface area contributed by atoms with E-state index in [1.807, 2.05) is 12.1 Å². The third-order valence-electron chi connectivity index (χ3n) is 5.66. The number of anilines is 1. The van der Waals surface area contributed by atoms with Crippen LogP contribution in [0.5, 0.6) is 5.75 Å². The van der Waals surface area contributed by atoms with E-state index in [0.717, 1.165) is 5.56 Å². The molecule has 156 valence electrons. The van der Waals surface area contributed by atoms with E-state index in [2.05, 4.69) is 6.07 Å². The van der Waals surface area contributed by atoms with Gasteiger partial charge in [-0.25, -0.2) is 0 Å². The van der Waals surface area contributed by atoms with Crippen molar-refractivity contribution in [3.63, 3.8) is 0 Å². The predicted molar refractivity (Wildman–Crippen MR) is 114 cm³/mol. The Morgan fingerprint density at radius 1 is 1.23 bits per heavy atom. The number of ether oxygens (including phenoxy) is 1. The van der Waals surface area contributed by atoms with E-state index >= 15 is 0 Å². The fourth-order valence-electron chi connectivity index (χ4n) is 4.26. The van der Waals surface area contributed by atoms with Crippen LogP contribution < -0.4 is 15.4 Å². The number of benzene rings is 2. The van der Waals surface area contributed by atoms with Crippen molar-refractivity contribution < 1.29 is 14.5 Å². The molecule has 1 aliphatic carbocycles. The molecule has 0 aromatic heterocycles. The number of Topliss-reactive ketones (excluding diaryl/α,β-unsaturated/α-hetero) is 1. The van der Waals surface area contributed by atoms with Crippen LogP contribution >= 0.6 is 0 Å². The van der Waals surface area contributed by atoms with Crippen LogP contribution in [0.1, 0.15) is 30.7 Å². The molecule has 0 spiro atoms. The third kappa shape index (κ3) is 3.40. The Balaban J connectivity index is 1.93. The molecule has 2 N–H and O–H groups in total. The summed E-state index contributed by atoms with van der Waals surface area (Å²) in [5, 5.41) is 21.3. The van der Waals surface area contributed by atoms with E-state index in [1.165, 1.54) is 12.1 Å². The summed E-state index contributed by atoms with van der Waals surface area (Å²) in [5.74, 6) is 0.209. The van der Waals surface area contributed by atoms with Gasteiger partial charge in [0, 0.05) is 29.8 Å². The van der Waals surface area contributed by atoms with Crippen molar-refractivity contribution in [2.45, 2.75) is 25.2 Å². The highest BCUT2D eigenvalue weighted by atomic mass is 16.6. The number of non-ortho nitro benzene ring substituents is 1. The number of ketones is 1. The molecule has 8 nitrogen and oxygen atoms in total. The van der Waals surface area contributed by atoms with Crippen LogP contribution in [0.15, 0.2) is 71.2 Å². The summed E-state index contributed by atoms with van der Waals surface area (Å²) in [7, 11) is 1.57. The SMILES string of the molecule is COc1ccc(C2C(C#N)=C(N)N(c3cccc([N+](=O)[O-])c3)C3=C2C(=O)CCC3)cc1.